The Bertz CT molecular complexity index is 271. The van der Waals surface area contributed by atoms with Crippen LogP contribution < -0.4 is 10.5 Å². The van der Waals surface area contributed by atoms with Crippen molar-refractivity contribution in [3.63, 3.8) is 0 Å². The van der Waals surface area contributed by atoms with Gasteiger partial charge in [-0.15, -0.1) is 0 Å². The lowest BCUT2D eigenvalue weighted by Gasteiger charge is -2.07. The van der Waals surface area contributed by atoms with E-state index in [9.17, 15) is 0 Å². The Morgan fingerprint density at radius 2 is 2.08 bits per heavy atom. The van der Waals surface area contributed by atoms with Crippen molar-refractivity contribution >= 4 is 5.82 Å². The van der Waals surface area contributed by atoms with E-state index in [2.05, 4.69) is 18.8 Å². The quantitative estimate of drug-likeness (QED) is 0.728. The number of aromatic nitrogens is 1. The maximum Gasteiger partial charge on any atom is 0.166 e. The van der Waals surface area contributed by atoms with Gasteiger partial charge in [0.15, 0.2) is 11.6 Å². The molecule has 1 rings (SSSR count). The SMILES string of the molecule is COc1ccc(C(C)C)nc1N. The summed E-state index contributed by atoms with van der Waals surface area (Å²) in [6.45, 7) is 4.16. The molecule has 3 nitrogen and oxygen atoms in total. The van der Waals surface area contributed by atoms with Gasteiger partial charge < -0.3 is 10.5 Å². The third kappa shape index (κ3) is 1.67. The number of ether oxygens (including phenoxy) is 1. The summed E-state index contributed by atoms with van der Waals surface area (Å²) in [6.07, 6.45) is 0. The first-order chi connectivity index (χ1) is 5.65. The van der Waals surface area contributed by atoms with Crippen molar-refractivity contribution in [2.75, 3.05) is 12.8 Å². The Kier molecular flexibility index (Phi) is 2.53. The second-order valence-corrected chi connectivity index (χ2v) is 2.98. The van der Waals surface area contributed by atoms with E-state index in [0.29, 0.717) is 17.5 Å². The number of methoxy groups -OCH3 is 1. The summed E-state index contributed by atoms with van der Waals surface area (Å²) in [7, 11) is 1.59. The molecular formula is C9H14N2O. The highest BCUT2D eigenvalue weighted by molar-refractivity contribution is 5.46. The van der Waals surface area contributed by atoms with Gasteiger partial charge in [-0.3, -0.25) is 0 Å². The van der Waals surface area contributed by atoms with Gasteiger partial charge in [0, 0.05) is 5.69 Å². The molecule has 0 aliphatic carbocycles. The van der Waals surface area contributed by atoms with Gasteiger partial charge in [-0.2, -0.15) is 0 Å². The van der Waals surface area contributed by atoms with E-state index in [0.717, 1.165) is 5.69 Å². The summed E-state index contributed by atoms with van der Waals surface area (Å²) >= 11 is 0. The van der Waals surface area contributed by atoms with E-state index in [1.807, 2.05) is 12.1 Å². The molecule has 0 aromatic carbocycles. The lowest BCUT2D eigenvalue weighted by molar-refractivity contribution is 0.415. The number of nitrogen functional groups attached to an aromatic ring is 1. The maximum absolute atomic E-state index is 5.63. The summed E-state index contributed by atoms with van der Waals surface area (Å²) < 4.78 is 4.99. The van der Waals surface area contributed by atoms with Crippen molar-refractivity contribution in [3.05, 3.63) is 17.8 Å². The van der Waals surface area contributed by atoms with E-state index in [1.165, 1.54) is 0 Å². The molecule has 0 atom stereocenters. The van der Waals surface area contributed by atoms with Crippen molar-refractivity contribution in [1.82, 2.24) is 4.98 Å². The fraction of sp³-hybridized carbons (Fsp3) is 0.444. The Balaban J connectivity index is 3.02. The largest absolute Gasteiger partial charge is 0.493 e. The molecule has 0 aliphatic rings. The van der Waals surface area contributed by atoms with Crippen LogP contribution >= 0.6 is 0 Å². The number of anilines is 1. The van der Waals surface area contributed by atoms with Crippen molar-refractivity contribution in [2.45, 2.75) is 19.8 Å². The molecule has 0 saturated carbocycles. The normalized spacial score (nSPS) is 10.3. The van der Waals surface area contributed by atoms with Crippen LogP contribution in [-0.4, -0.2) is 12.1 Å². The second kappa shape index (κ2) is 3.43. The number of rotatable bonds is 2. The molecule has 0 radical (unpaired) electrons. The van der Waals surface area contributed by atoms with Crippen LogP contribution in [0.4, 0.5) is 5.82 Å². The zero-order valence-corrected chi connectivity index (χ0v) is 7.66. The third-order valence-corrected chi connectivity index (χ3v) is 1.72. The van der Waals surface area contributed by atoms with E-state index in [1.54, 1.807) is 7.11 Å². The van der Waals surface area contributed by atoms with Gasteiger partial charge in [0.1, 0.15) is 0 Å². The first-order valence-corrected chi connectivity index (χ1v) is 3.95. The van der Waals surface area contributed by atoms with Gasteiger partial charge in [-0.25, -0.2) is 4.98 Å². The van der Waals surface area contributed by atoms with Crippen LogP contribution in [0.25, 0.3) is 0 Å². The second-order valence-electron chi connectivity index (χ2n) is 2.98. The Labute approximate surface area is 72.6 Å². The molecule has 3 heteroatoms. The molecule has 12 heavy (non-hydrogen) atoms. The van der Waals surface area contributed by atoms with Crippen molar-refractivity contribution in [3.8, 4) is 5.75 Å². The maximum atomic E-state index is 5.63. The molecule has 1 aromatic heterocycles. The fourth-order valence-corrected chi connectivity index (χ4v) is 0.972. The predicted octanol–water partition coefficient (Wildman–Crippen LogP) is 1.80. The fourth-order valence-electron chi connectivity index (χ4n) is 0.972. The molecule has 0 spiro atoms. The predicted molar refractivity (Wildman–Crippen MR) is 49.3 cm³/mol. The van der Waals surface area contributed by atoms with Gasteiger partial charge in [0.2, 0.25) is 0 Å². The van der Waals surface area contributed by atoms with Crippen molar-refractivity contribution in [2.24, 2.45) is 0 Å². The van der Waals surface area contributed by atoms with Crippen LogP contribution in [0.2, 0.25) is 0 Å². The molecule has 0 amide bonds. The third-order valence-electron chi connectivity index (χ3n) is 1.72. The van der Waals surface area contributed by atoms with E-state index < -0.39 is 0 Å². The molecular weight excluding hydrogens is 152 g/mol. The Morgan fingerprint density at radius 1 is 1.42 bits per heavy atom. The molecule has 0 aliphatic heterocycles. The number of pyridine rings is 1. The minimum Gasteiger partial charge on any atom is -0.493 e. The molecule has 0 saturated heterocycles. The summed E-state index contributed by atoms with van der Waals surface area (Å²) in [5, 5.41) is 0. The lowest BCUT2D eigenvalue weighted by atomic mass is 10.1. The summed E-state index contributed by atoms with van der Waals surface area (Å²) in [6, 6.07) is 3.78. The summed E-state index contributed by atoms with van der Waals surface area (Å²) in [5.41, 5.74) is 6.63. The van der Waals surface area contributed by atoms with Crippen molar-refractivity contribution in [1.29, 1.82) is 0 Å². The molecule has 66 valence electrons. The molecule has 0 fully saturated rings. The first-order valence-electron chi connectivity index (χ1n) is 3.95. The molecule has 2 N–H and O–H groups in total. The topological polar surface area (TPSA) is 48.1 Å². The number of hydrogen-bond acceptors (Lipinski definition) is 3. The number of hydrogen-bond donors (Lipinski definition) is 1. The molecule has 1 aromatic rings. The average Bonchev–Trinajstić information content (AvgIpc) is 2.04. The van der Waals surface area contributed by atoms with Gasteiger partial charge in [0.25, 0.3) is 0 Å². The van der Waals surface area contributed by atoms with Gasteiger partial charge >= 0.3 is 0 Å². The Morgan fingerprint density at radius 3 is 2.50 bits per heavy atom. The highest BCUT2D eigenvalue weighted by Gasteiger charge is 2.04. The monoisotopic (exact) mass is 166 g/mol. The van der Waals surface area contributed by atoms with Crippen LogP contribution in [0, 0.1) is 0 Å². The van der Waals surface area contributed by atoms with Gasteiger partial charge in [0.05, 0.1) is 7.11 Å². The van der Waals surface area contributed by atoms with Crippen LogP contribution in [0.3, 0.4) is 0 Å². The summed E-state index contributed by atoms with van der Waals surface area (Å²) in [4.78, 5) is 4.20. The van der Waals surface area contributed by atoms with Crippen LogP contribution in [0.5, 0.6) is 5.75 Å². The Hall–Kier alpha value is -1.25. The van der Waals surface area contributed by atoms with Crippen LogP contribution in [0.1, 0.15) is 25.5 Å². The number of nitrogens with two attached hydrogens (primary N) is 1. The smallest absolute Gasteiger partial charge is 0.166 e. The number of nitrogens with zero attached hydrogens (tertiary/aromatic N) is 1. The lowest BCUT2D eigenvalue weighted by Crippen LogP contribution is -2.00. The highest BCUT2D eigenvalue weighted by Crippen LogP contribution is 2.21. The van der Waals surface area contributed by atoms with Crippen molar-refractivity contribution < 1.29 is 4.74 Å². The standard InChI is InChI=1S/C9H14N2O/c1-6(2)7-4-5-8(12-3)9(10)11-7/h4-6H,1-3H3,(H2,10,11). The zero-order chi connectivity index (χ0) is 9.14. The highest BCUT2D eigenvalue weighted by atomic mass is 16.5. The minimum absolute atomic E-state index is 0.401. The van der Waals surface area contributed by atoms with E-state index in [-0.39, 0.29) is 0 Å². The van der Waals surface area contributed by atoms with Gasteiger partial charge in [-0.05, 0) is 18.1 Å². The van der Waals surface area contributed by atoms with E-state index in [4.69, 9.17) is 10.5 Å². The molecule has 1 heterocycles. The van der Waals surface area contributed by atoms with Crippen LogP contribution in [0.15, 0.2) is 12.1 Å². The minimum atomic E-state index is 0.401. The van der Waals surface area contributed by atoms with Crippen LogP contribution in [-0.2, 0) is 0 Å². The molecule has 0 bridgehead atoms. The average molecular weight is 166 g/mol. The summed E-state index contributed by atoms with van der Waals surface area (Å²) in [5.74, 6) is 1.50. The van der Waals surface area contributed by atoms with Gasteiger partial charge in [-0.1, -0.05) is 13.8 Å². The molecule has 0 unspecified atom stereocenters. The zero-order valence-electron chi connectivity index (χ0n) is 7.66. The van der Waals surface area contributed by atoms with E-state index >= 15 is 0 Å². The first kappa shape index (κ1) is 8.84.